The van der Waals surface area contributed by atoms with Crippen LogP contribution in [0.3, 0.4) is 0 Å². The number of rotatable bonds is 0. The molecule has 1 N–H and O–H groups in total. The van der Waals surface area contributed by atoms with Gasteiger partial charge in [0.25, 0.3) is 0 Å². The van der Waals surface area contributed by atoms with Crippen LogP contribution in [0.1, 0.15) is 5.76 Å². The minimum absolute atomic E-state index is 0.869. The molecule has 0 fully saturated rings. The van der Waals surface area contributed by atoms with E-state index in [2.05, 4.69) is 33.4 Å². The third-order valence-corrected chi connectivity index (χ3v) is 2.84. The fourth-order valence-electron chi connectivity index (χ4n) is 1.72. The second-order valence-corrected chi connectivity index (χ2v) is 4.18. The number of anilines is 1. The monoisotopic (exact) mass is 249 g/mol. The zero-order valence-corrected chi connectivity index (χ0v) is 8.97. The highest BCUT2D eigenvalue weighted by Gasteiger charge is 2.13. The molecular formula is C11H8BrNO. The summed E-state index contributed by atoms with van der Waals surface area (Å²) in [4.78, 5) is 0. The number of nitrogens with one attached hydrogen (secondary N) is 1. The lowest BCUT2D eigenvalue weighted by Crippen LogP contribution is -2.01. The van der Waals surface area contributed by atoms with Gasteiger partial charge in [-0.05, 0) is 24.3 Å². The summed E-state index contributed by atoms with van der Waals surface area (Å²) in [5, 5.41) is 4.45. The summed E-state index contributed by atoms with van der Waals surface area (Å²) in [6, 6.07) is 6.04. The molecule has 0 unspecified atom stereocenters. The van der Waals surface area contributed by atoms with Crippen LogP contribution < -0.4 is 5.32 Å². The zero-order chi connectivity index (χ0) is 9.54. The van der Waals surface area contributed by atoms with E-state index in [0.29, 0.717) is 0 Å². The Kier molecular flexibility index (Phi) is 1.67. The third-order valence-electron chi connectivity index (χ3n) is 2.34. The van der Waals surface area contributed by atoms with Crippen molar-refractivity contribution in [3.8, 4) is 0 Å². The second-order valence-electron chi connectivity index (χ2n) is 3.27. The maximum Gasteiger partial charge on any atom is 0.151 e. The van der Waals surface area contributed by atoms with Crippen LogP contribution in [0.15, 0.2) is 33.2 Å². The van der Waals surface area contributed by atoms with E-state index in [1.165, 1.54) is 0 Å². The van der Waals surface area contributed by atoms with Gasteiger partial charge in [0.15, 0.2) is 5.76 Å². The van der Waals surface area contributed by atoms with E-state index in [0.717, 1.165) is 33.4 Å². The minimum atomic E-state index is 0.869. The molecule has 0 aliphatic carbocycles. The number of fused-ring (bicyclic) bond motifs is 3. The number of furan rings is 1. The Balaban J connectivity index is 2.39. The molecule has 1 aliphatic rings. The van der Waals surface area contributed by atoms with Gasteiger partial charge in [0.2, 0.25) is 0 Å². The molecule has 1 aliphatic heterocycles. The standard InChI is InChI=1S/C11H8BrNO/c12-7-3-4-9-8(6-7)11-10(14-9)2-1-5-13-11/h1-4,6,13H,5H2. The highest BCUT2D eigenvalue weighted by atomic mass is 79.9. The largest absolute Gasteiger partial charge is 0.454 e. The van der Waals surface area contributed by atoms with Gasteiger partial charge >= 0.3 is 0 Å². The smallest absolute Gasteiger partial charge is 0.151 e. The molecule has 0 saturated heterocycles. The van der Waals surface area contributed by atoms with Crippen molar-refractivity contribution in [2.24, 2.45) is 0 Å². The summed E-state index contributed by atoms with van der Waals surface area (Å²) in [5.74, 6) is 0.921. The van der Waals surface area contributed by atoms with E-state index in [1.807, 2.05) is 18.2 Å². The molecule has 0 atom stereocenters. The van der Waals surface area contributed by atoms with Crippen molar-refractivity contribution < 1.29 is 4.42 Å². The maximum absolute atomic E-state index is 5.68. The van der Waals surface area contributed by atoms with E-state index in [-0.39, 0.29) is 0 Å². The van der Waals surface area contributed by atoms with Crippen LogP contribution in [0.4, 0.5) is 5.69 Å². The maximum atomic E-state index is 5.68. The van der Waals surface area contributed by atoms with Crippen molar-refractivity contribution in [2.45, 2.75) is 0 Å². The average molecular weight is 250 g/mol. The quantitative estimate of drug-likeness (QED) is 0.772. The molecule has 3 rings (SSSR count). The molecule has 0 amide bonds. The first kappa shape index (κ1) is 8.12. The van der Waals surface area contributed by atoms with Crippen LogP contribution in [-0.4, -0.2) is 6.54 Å². The minimum Gasteiger partial charge on any atom is -0.454 e. The van der Waals surface area contributed by atoms with Gasteiger partial charge in [-0.1, -0.05) is 22.0 Å². The molecule has 2 heterocycles. The molecule has 0 radical (unpaired) electrons. The van der Waals surface area contributed by atoms with Crippen molar-refractivity contribution >= 4 is 38.7 Å². The Morgan fingerprint density at radius 1 is 1.36 bits per heavy atom. The van der Waals surface area contributed by atoms with Gasteiger partial charge in [0.1, 0.15) is 5.58 Å². The second kappa shape index (κ2) is 2.89. The van der Waals surface area contributed by atoms with E-state index < -0.39 is 0 Å². The average Bonchev–Trinajstić information content (AvgIpc) is 2.56. The molecular weight excluding hydrogens is 242 g/mol. The van der Waals surface area contributed by atoms with Crippen LogP contribution in [-0.2, 0) is 0 Å². The Morgan fingerprint density at radius 3 is 3.21 bits per heavy atom. The third kappa shape index (κ3) is 1.09. The van der Waals surface area contributed by atoms with E-state index in [9.17, 15) is 0 Å². The van der Waals surface area contributed by atoms with Crippen molar-refractivity contribution in [2.75, 3.05) is 11.9 Å². The van der Waals surface area contributed by atoms with Crippen molar-refractivity contribution in [3.05, 3.63) is 34.5 Å². The highest BCUT2D eigenvalue weighted by Crippen LogP contribution is 2.34. The lowest BCUT2D eigenvalue weighted by Gasteiger charge is -2.06. The molecule has 1 aromatic heterocycles. The summed E-state index contributed by atoms with van der Waals surface area (Å²) in [5.41, 5.74) is 2.03. The SMILES string of the molecule is Brc1ccc2oc3c(c2c1)NCC=C3. The summed E-state index contributed by atoms with van der Waals surface area (Å²) < 4.78 is 6.75. The summed E-state index contributed by atoms with van der Waals surface area (Å²) >= 11 is 3.46. The Labute approximate surface area is 89.7 Å². The van der Waals surface area contributed by atoms with Crippen LogP contribution >= 0.6 is 15.9 Å². The first-order valence-corrected chi connectivity index (χ1v) is 5.26. The lowest BCUT2D eigenvalue weighted by atomic mass is 10.2. The highest BCUT2D eigenvalue weighted by molar-refractivity contribution is 9.10. The summed E-state index contributed by atoms with van der Waals surface area (Å²) in [7, 11) is 0. The molecule has 14 heavy (non-hydrogen) atoms. The van der Waals surface area contributed by atoms with Gasteiger partial charge in [-0.25, -0.2) is 0 Å². The number of hydrogen-bond donors (Lipinski definition) is 1. The molecule has 2 aromatic rings. The summed E-state index contributed by atoms with van der Waals surface area (Å²) in [6.45, 7) is 0.869. The molecule has 0 saturated carbocycles. The normalized spacial score (nSPS) is 14.1. The Hall–Kier alpha value is -1.22. The number of halogens is 1. The fraction of sp³-hybridized carbons (Fsp3) is 0.0909. The van der Waals surface area contributed by atoms with Crippen LogP contribution in [0.5, 0.6) is 0 Å². The first-order valence-electron chi connectivity index (χ1n) is 4.47. The predicted octanol–water partition coefficient (Wildman–Crippen LogP) is 3.63. The van der Waals surface area contributed by atoms with Gasteiger partial charge < -0.3 is 9.73 Å². The van der Waals surface area contributed by atoms with Gasteiger partial charge in [0.05, 0.1) is 5.69 Å². The van der Waals surface area contributed by atoms with Crippen molar-refractivity contribution in [3.63, 3.8) is 0 Å². The molecule has 0 bridgehead atoms. The molecule has 2 nitrogen and oxygen atoms in total. The van der Waals surface area contributed by atoms with Crippen molar-refractivity contribution in [1.82, 2.24) is 0 Å². The van der Waals surface area contributed by atoms with E-state index >= 15 is 0 Å². The zero-order valence-electron chi connectivity index (χ0n) is 7.38. The predicted molar refractivity (Wildman–Crippen MR) is 61.4 cm³/mol. The molecule has 0 spiro atoms. The molecule has 3 heteroatoms. The Morgan fingerprint density at radius 2 is 2.29 bits per heavy atom. The van der Waals surface area contributed by atoms with E-state index in [4.69, 9.17) is 4.42 Å². The fourth-order valence-corrected chi connectivity index (χ4v) is 2.08. The van der Waals surface area contributed by atoms with Gasteiger partial charge in [-0.2, -0.15) is 0 Å². The number of hydrogen-bond acceptors (Lipinski definition) is 2. The van der Waals surface area contributed by atoms with Gasteiger partial charge in [0, 0.05) is 16.4 Å². The molecule has 1 aromatic carbocycles. The Bertz CT molecular complexity index is 527. The van der Waals surface area contributed by atoms with Crippen LogP contribution in [0.2, 0.25) is 0 Å². The summed E-state index contributed by atoms with van der Waals surface area (Å²) in [6.07, 6.45) is 4.07. The van der Waals surface area contributed by atoms with Crippen LogP contribution in [0, 0.1) is 0 Å². The van der Waals surface area contributed by atoms with Gasteiger partial charge in [-0.15, -0.1) is 0 Å². The van der Waals surface area contributed by atoms with Gasteiger partial charge in [-0.3, -0.25) is 0 Å². The number of benzene rings is 1. The first-order chi connectivity index (χ1) is 6.84. The van der Waals surface area contributed by atoms with Crippen LogP contribution in [0.25, 0.3) is 17.0 Å². The molecule has 70 valence electrons. The van der Waals surface area contributed by atoms with Crippen molar-refractivity contribution in [1.29, 1.82) is 0 Å². The lowest BCUT2D eigenvalue weighted by molar-refractivity contribution is 0.604. The topological polar surface area (TPSA) is 25.2 Å². The van der Waals surface area contributed by atoms with E-state index in [1.54, 1.807) is 0 Å².